The minimum absolute atomic E-state index is 0.277. The molecule has 3 rings (SSSR count). The van der Waals surface area contributed by atoms with Crippen LogP contribution in [0.2, 0.25) is 0 Å². The maximum absolute atomic E-state index is 11.6. The molecule has 3 aromatic rings. The number of hydrogen-bond donors (Lipinski definition) is 1. The summed E-state index contributed by atoms with van der Waals surface area (Å²) < 4.78 is 7.81. The van der Waals surface area contributed by atoms with Crippen LogP contribution in [-0.4, -0.2) is 27.1 Å². The van der Waals surface area contributed by atoms with Crippen molar-refractivity contribution >= 4 is 72.7 Å². The smallest absolute Gasteiger partial charge is 0.345 e. The molecule has 23 heavy (non-hydrogen) atoms. The molecule has 2 aromatic heterocycles. The number of carboxylic acid groups (broad SMARTS) is 1. The molecule has 0 saturated heterocycles. The van der Waals surface area contributed by atoms with Gasteiger partial charge in [-0.05, 0) is 50.7 Å². The van der Waals surface area contributed by atoms with E-state index in [2.05, 4.69) is 55.1 Å². The zero-order chi connectivity index (χ0) is 16.4. The van der Waals surface area contributed by atoms with Crippen molar-refractivity contribution in [1.29, 1.82) is 0 Å². The van der Waals surface area contributed by atoms with Crippen molar-refractivity contribution in [1.82, 2.24) is 9.97 Å². The second kappa shape index (κ2) is 7.26. The van der Waals surface area contributed by atoms with Crippen LogP contribution in [0.15, 0.2) is 36.7 Å². The molecule has 2 heterocycles. The third kappa shape index (κ3) is 3.74. The number of aliphatic carboxylic acids is 1. The van der Waals surface area contributed by atoms with Gasteiger partial charge in [0.25, 0.3) is 0 Å². The number of fused-ring (bicyclic) bond motifs is 1. The molecule has 0 aliphatic heterocycles. The second-order valence-electron chi connectivity index (χ2n) is 4.68. The third-order valence-corrected chi connectivity index (χ3v) is 7.71. The number of ether oxygens (including phenoxy) is 1. The maximum atomic E-state index is 11.6. The van der Waals surface area contributed by atoms with Crippen molar-refractivity contribution in [3.63, 3.8) is 0 Å². The molecule has 0 saturated carbocycles. The van der Waals surface area contributed by atoms with Gasteiger partial charge < -0.3 is 9.84 Å². The fourth-order valence-electron chi connectivity index (χ4n) is 2.08. The van der Waals surface area contributed by atoms with Crippen LogP contribution >= 0.6 is 56.5 Å². The molecule has 118 valence electrons. The molecule has 1 atom stereocenters. The zero-order valence-electron chi connectivity index (χ0n) is 11.6. The summed E-state index contributed by atoms with van der Waals surface area (Å²) in [4.78, 5) is 20.7. The number of hydrogen-bond acceptors (Lipinski definition) is 5. The Kier molecular flexibility index (Phi) is 5.31. The van der Waals surface area contributed by atoms with Gasteiger partial charge in [0.15, 0.2) is 0 Å². The molecule has 0 amide bonds. The zero-order valence-corrected chi connectivity index (χ0v) is 16.7. The van der Waals surface area contributed by atoms with E-state index < -0.39 is 12.1 Å². The van der Waals surface area contributed by atoms with Crippen molar-refractivity contribution in [3.05, 3.63) is 48.7 Å². The first-order chi connectivity index (χ1) is 11.1. The Morgan fingerprint density at radius 3 is 2.70 bits per heavy atom. The van der Waals surface area contributed by atoms with Crippen LogP contribution in [0, 0.1) is 6.45 Å². The van der Waals surface area contributed by atoms with Gasteiger partial charge >= 0.3 is 5.97 Å². The van der Waals surface area contributed by atoms with Crippen LogP contribution in [-0.2, 0) is 11.2 Å². The summed E-state index contributed by atoms with van der Waals surface area (Å²) in [6, 6.07) is 9.41. The number of carboxylic acids is 1. The van der Waals surface area contributed by atoms with Gasteiger partial charge in [0.05, 0.1) is 11.8 Å². The summed E-state index contributed by atoms with van der Waals surface area (Å²) >= 11 is 5.97. The van der Waals surface area contributed by atoms with Crippen LogP contribution in [0.25, 0.3) is 10.2 Å². The van der Waals surface area contributed by atoms with Crippen molar-refractivity contribution in [2.45, 2.75) is 12.5 Å². The SMILES string of the molecule is O=C(O)[C@@H](Cc1ccccc1)Oc1ncnc2sc(I)c(I)c12. The van der Waals surface area contributed by atoms with Crippen LogP contribution in [0.4, 0.5) is 0 Å². The van der Waals surface area contributed by atoms with E-state index in [1.165, 1.54) is 17.7 Å². The van der Waals surface area contributed by atoms with E-state index in [1.807, 2.05) is 30.3 Å². The molecule has 5 nitrogen and oxygen atoms in total. The lowest BCUT2D eigenvalue weighted by Crippen LogP contribution is -2.29. The molecule has 0 radical (unpaired) electrons. The first-order valence-corrected chi connectivity index (χ1v) is 9.55. The van der Waals surface area contributed by atoms with Crippen molar-refractivity contribution in [3.8, 4) is 5.88 Å². The van der Waals surface area contributed by atoms with E-state index in [4.69, 9.17) is 4.74 Å². The standard InChI is InChI=1S/C15H10I2N2O3S/c16-11-10-13(18-7-19-14(10)23-12(11)17)22-9(15(20)21)6-8-4-2-1-3-5-8/h1-5,7,9H,6H2,(H,20,21)/t9-/m1/s1. The maximum Gasteiger partial charge on any atom is 0.345 e. The lowest BCUT2D eigenvalue weighted by Gasteiger charge is -2.15. The molecule has 1 N–H and O–H groups in total. The van der Waals surface area contributed by atoms with Crippen molar-refractivity contribution in [2.24, 2.45) is 0 Å². The van der Waals surface area contributed by atoms with Gasteiger partial charge in [-0.25, -0.2) is 14.8 Å². The molecule has 0 spiro atoms. The Bertz CT molecular complexity index is 855. The van der Waals surface area contributed by atoms with Gasteiger partial charge in [-0.3, -0.25) is 0 Å². The molecular formula is C15H10I2N2O3S. The Morgan fingerprint density at radius 1 is 1.26 bits per heavy atom. The number of benzene rings is 1. The minimum Gasteiger partial charge on any atom is -0.478 e. The lowest BCUT2D eigenvalue weighted by atomic mass is 10.1. The van der Waals surface area contributed by atoms with E-state index in [0.717, 1.165) is 22.2 Å². The molecule has 8 heteroatoms. The first kappa shape index (κ1) is 16.8. The highest BCUT2D eigenvalue weighted by atomic mass is 127. The lowest BCUT2D eigenvalue weighted by molar-refractivity contribution is -0.145. The van der Waals surface area contributed by atoms with E-state index in [-0.39, 0.29) is 6.42 Å². The largest absolute Gasteiger partial charge is 0.478 e. The molecule has 1 aromatic carbocycles. The summed E-state index contributed by atoms with van der Waals surface area (Å²) in [6.07, 6.45) is 0.685. The number of rotatable bonds is 5. The minimum atomic E-state index is -1.01. The predicted molar refractivity (Wildman–Crippen MR) is 105 cm³/mol. The second-order valence-corrected chi connectivity index (χ2v) is 8.57. The fourth-order valence-corrected chi connectivity index (χ4v) is 4.73. The number of thiophene rings is 1. The van der Waals surface area contributed by atoms with Gasteiger partial charge in [0.2, 0.25) is 12.0 Å². The van der Waals surface area contributed by atoms with Crippen LogP contribution in [0.5, 0.6) is 5.88 Å². The highest BCUT2D eigenvalue weighted by Crippen LogP contribution is 2.36. The molecule has 0 aliphatic rings. The molecule has 0 bridgehead atoms. The van der Waals surface area contributed by atoms with Crippen molar-refractivity contribution < 1.29 is 14.6 Å². The van der Waals surface area contributed by atoms with Crippen LogP contribution < -0.4 is 4.74 Å². The first-order valence-electron chi connectivity index (χ1n) is 6.58. The van der Waals surface area contributed by atoms with Gasteiger partial charge in [-0.15, -0.1) is 11.3 Å². The van der Waals surface area contributed by atoms with E-state index in [1.54, 1.807) is 0 Å². The molecule has 0 aliphatic carbocycles. The highest BCUT2D eigenvalue weighted by Gasteiger charge is 2.23. The Morgan fingerprint density at radius 2 is 2.00 bits per heavy atom. The van der Waals surface area contributed by atoms with E-state index >= 15 is 0 Å². The van der Waals surface area contributed by atoms with Gasteiger partial charge in [-0.1, -0.05) is 30.3 Å². The molecule has 0 unspecified atom stereocenters. The topological polar surface area (TPSA) is 72.3 Å². The highest BCUT2D eigenvalue weighted by molar-refractivity contribution is 14.1. The van der Waals surface area contributed by atoms with Crippen LogP contribution in [0.3, 0.4) is 0 Å². The van der Waals surface area contributed by atoms with E-state index in [9.17, 15) is 9.90 Å². The van der Waals surface area contributed by atoms with Crippen molar-refractivity contribution in [2.75, 3.05) is 0 Å². The Balaban J connectivity index is 1.93. The van der Waals surface area contributed by atoms with E-state index in [0.29, 0.717) is 5.88 Å². The average molecular weight is 552 g/mol. The van der Waals surface area contributed by atoms with Crippen LogP contribution in [0.1, 0.15) is 5.56 Å². The number of carbonyl (C=O) groups is 1. The normalized spacial score (nSPS) is 12.3. The van der Waals surface area contributed by atoms with Gasteiger partial charge in [0.1, 0.15) is 11.2 Å². The number of aromatic nitrogens is 2. The number of halogens is 2. The molecular weight excluding hydrogens is 542 g/mol. The Hall–Kier alpha value is -1.01. The quantitative estimate of drug-likeness (QED) is 0.486. The monoisotopic (exact) mass is 552 g/mol. The predicted octanol–water partition coefficient (Wildman–Crippen LogP) is 3.98. The summed E-state index contributed by atoms with van der Waals surface area (Å²) in [5.41, 5.74) is 0.903. The average Bonchev–Trinajstić information content (AvgIpc) is 2.83. The summed E-state index contributed by atoms with van der Waals surface area (Å²) in [5, 5.41) is 10.3. The summed E-state index contributed by atoms with van der Waals surface area (Å²) in [7, 11) is 0. The third-order valence-electron chi connectivity index (χ3n) is 3.15. The van der Waals surface area contributed by atoms with Gasteiger partial charge in [0, 0.05) is 6.42 Å². The summed E-state index contributed by atoms with van der Waals surface area (Å²) in [6.45, 7) is 0. The fraction of sp³-hybridized carbons (Fsp3) is 0.133. The molecule has 0 fully saturated rings. The number of nitrogens with zero attached hydrogens (tertiary/aromatic N) is 2. The summed E-state index contributed by atoms with van der Waals surface area (Å²) in [5.74, 6) is -0.692. The van der Waals surface area contributed by atoms with Gasteiger partial charge in [-0.2, -0.15) is 0 Å². The Labute approximate surface area is 163 Å².